The number of nitrogens with zero attached hydrogens (tertiary/aromatic N) is 3. The van der Waals surface area contributed by atoms with Crippen molar-refractivity contribution in [3.63, 3.8) is 0 Å². The molecule has 1 aromatic rings. The predicted octanol–water partition coefficient (Wildman–Crippen LogP) is 3.05. The van der Waals surface area contributed by atoms with Gasteiger partial charge >= 0.3 is 0 Å². The topological polar surface area (TPSA) is 19.4 Å². The zero-order valence-corrected chi connectivity index (χ0v) is 13.2. The Morgan fingerprint density at radius 3 is 3.00 bits per heavy atom. The normalized spacial score (nSPS) is 27.4. The molecular weight excluding hydrogens is 270 g/mol. The van der Waals surface area contributed by atoms with Crippen molar-refractivity contribution in [2.24, 2.45) is 5.92 Å². The van der Waals surface area contributed by atoms with Gasteiger partial charge in [0.1, 0.15) is 0 Å². The number of halogens is 1. The van der Waals surface area contributed by atoms with Crippen LogP contribution in [0.4, 0.5) is 5.69 Å². The monoisotopic (exact) mass is 293 g/mol. The molecule has 2 fully saturated rings. The first-order valence-electron chi connectivity index (χ1n) is 7.65. The summed E-state index contributed by atoms with van der Waals surface area (Å²) in [6.07, 6.45) is 5.91. The summed E-state index contributed by atoms with van der Waals surface area (Å²) in [6.45, 7) is 5.63. The highest BCUT2D eigenvalue weighted by molar-refractivity contribution is 6.17. The largest absolute Gasteiger partial charge is 0.371 e. The predicted molar refractivity (Wildman–Crippen MR) is 84.5 cm³/mol. The summed E-state index contributed by atoms with van der Waals surface area (Å²) >= 11 is 6.09. The minimum atomic E-state index is 0.549. The van der Waals surface area contributed by atoms with E-state index in [0.717, 1.165) is 24.2 Å². The zero-order chi connectivity index (χ0) is 14.1. The van der Waals surface area contributed by atoms with Crippen LogP contribution in [0.5, 0.6) is 0 Å². The van der Waals surface area contributed by atoms with Gasteiger partial charge in [-0.3, -0.25) is 4.98 Å². The molecule has 3 heterocycles. The molecule has 0 saturated carbocycles. The molecule has 20 heavy (non-hydrogen) atoms. The molecule has 0 amide bonds. The SMILES string of the molecule is Cc1cc(N2CCC3C(CCCN3C)C2)c(CCl)cn1. The highest BCUT2D eigenvalue weighted by atomic mass is 35.5. The Balaban J connectivity index is 1.81. The van der Waals surface area contributed by atoms with Crippen molar-refractivity contribution in [1.82, 2.24) is 9.88 Å². The van der Waals surface area contributed by atoms with Crippen LogP contribution >= 0.6 is 11.6 Å². The second-order valence-electron chi connectivity index (χ2n) is 6.27. The van der Waals surface area contributed by atoms with Gasteiger partial charge in [0, 0.05) is 42.3 Å². The molecule has 1 aromatic heterocycles. The number of hydrogen-bond acceptors (Lipinski definition) is 3. The Labute approximate surface area is 126 Å². The summed E-state index contributed by atoms with van der Waals surface area (Å²) in [6, 6.07) is 2.98. The molecule has 2 unspecified atom stereocenters. The maximum Gasteiger partial charge on any atom is 0.0509 e. The van der Waals surface area contributed by atoms with E-state index in [2.05, 4.69) is 34.8 Å². The van der Waals surface area contributed by atoms with Crippen LogP contribution in [-0.4, -0.2) is 42.6 Å². The number of piperidine rings is 2. The fourth-order valence-electron chi connectivity index (χ4n) is 3.84. The van der Waals surface area contributed by atoms with Crippen LogP contribution in [0.1, 0.15) is 30.5 Å². The van der Waals surface area contributed by atoms with E-state index in [1.807, 2.05) is 6.20 Å². The minimum absolute atomic E-state index is 0.549. The number of hydrogen-bond donors (Lipinski definition) is 0. The van der Waals surface area contributed by atoms with Crippen molar-refractivity contribution < 1.29 is 0 Å². The van der Waals surface area contributed by atoms with Gasteiger partial charge in [-0.05, 0) is 51.8 Å². The lowest BCUT2D eigenvalue weighted by Crippen LogP contribution is -2.52. The third-order valence-electron chi connectivity index (χ3n) is 4.93. The van der Waals surface area contributed by atoms with Crippen molar-refractivity contribution in [1.29, 1.82) is 0 Å². The van der Waals surface area contributed by atoms with Crippen LogP contribution < -0.4 is 4.90 Å². The maximum absolute atomic E-state index is 6.09. The van der Waals surface area contributed by atoms with Crippen molar-refractivity contribution in [3.05, 3.63) is 23.5 Å². The van der Waals surface area contributed by atoms with Crippen LogP contribution in [0.2, 0.25) is 0 Å². The molecule has 2 aliphatic rings. The number of pyridine rings is 1. The molecule has 4 heteroatoms. The molecule has 0 radical (unpaired) electrons. The lowest BCUT2D eigenvalue weighted by Gasteiger charge is -2.47. The number of rotatable bonds is 2. The maximum atomic E-state index is 6.09. The summed E-state index contributed by atoms with van der Waals surface area (Å²) < 4.78 is 0. The second-order valence-corrected chi connectivity index (χ2v) is 6.54. The standard InChI is InChI=1S/C16H24ClN3/c1-12-8-16(14(9-17)10-18-12)20-7-5-15-13(11-20)4-3-6-19(15)2/h8,10,13,15H,3-7,9,11H2,1-2H3. The number of anilines is 1. The van der Waals surface area contributed by atoms with E-state index in [1.165, 1.54) is 43.6 Å². The van der Waals surface area contributed by atoms with Gasteiger partial charge in [-0.1, -0.05) is 0 Å². The second kappa shape index (κ2) is 5.90. The Bertz CT molecular complexity index is 477. The quantitative estimate of drug-likeness (QED) is 0.781. The minimum Gasteiger partial charge on any atom is -0.371 e. The first-order chi connectivity index (χ1) is 9.69. The van der Waals surface area contributed by atoms with Crippen LogP contribution in [0, 0.1) is 12.8 Å². The van der Waals surface area contributed by atoms with E-state index in [-0.39, 0.29) is 0 Å². The van der Waals surface area contributed by atoms with Gasteiger partial charge in [0.05, 0.1) is 5.88 Å². The Kier molecular flexibility index (Phi) is 4.18. The Morgan fingerprint density at radius 1 is 1.35 bits per heavy atom. The van der Waals surface area contributed by atoms with E-state index in [9.17, 15) is 0 Å². The molecule has 2 saturated heterocycles. The zero-order valence-electron chi connectivity index (χ0n) is 12.5. The number of likely N-dealkylation sites (tertiary alicyclic amines) is 1. The summed E-state index contributed by atoms with van der Waals surface area (Å²) in [7, 11) is 2.28. The van der Waals surface area contributed by atoms with E-state index < -0.39 is 0 Å². The highest BCUT2D eigenvalue weighted by Gasteiger charge is 2.34. The molecule has 3 rings (SSSR count). The van der Waals surface area contributed by atoms with Gasteiger partial charge in [0.2, 0.25) is 0 Å². The van der Waals surface area contributed by atoms with Crippen molar-refractivity contribution >= 4 is 17.3 Å². The lowest BCUT2D eigenvalue weighted by molar-refractivity contribution is 0.102. The van der Waals surface area contributed by atoms with E-state index in [1.54, 1.807) is 0 Å². The molecule has 2 atom stereocenters. The average Bonchev–Trinajstić information content (AvgIpc) is 2.47. The van der Waals surface area contributed by atoms with Crippen LogP contribution in [0.15, 0.2) is 12.3 Å². The van der Waals surface area contributed by atoms with Crippen molar-refractivity contribution in [2.45, 2.75) is 38.1 Å². The number of aryl methyl sites for hydroxylation is 1. The molecule has 0 N–H and O–H groups in total. The van der Waals surface area contributed by atoms with Crippen LogP contribution in [-0.2, 0) is 5.88 Å². The van der Waals surface area contributed by atoms with E-state index in [4.69, 9.17) is 11.6 Å². The first kappa shape index (κ1) is 14.2. The Morgan fingerprint density at radius 2 is 2.20 bits per heavy atom. The number of aromatic nitrogens is 1. The van der Waals surface area contributed by atoms with Crippen molar-refractivity contribution in [2.75, 3.05) is 31.6 Å². The molecule has 0 spiro atoms. The van der Waals surface area contributed by atoms with E-state index in [0.29, 0.717) is 5.88 Å². The van der Waals surface area contributed by atoms with Crippen LogP contribution in [0.25, 0.3) is 0 Å². The molecule has 0 aromatic carbocycles. The number of fused-ring (bicyclic) bond motifs is 1. The summed E-state index contributed by atoms with van der Waals surface area (Å²) in [5, 5.41) is 0. The van der Waals surface area contributed by atoms with Gasteiger partial charge in [-0.25, -0.2) is 0 Å². The molecular formula is C16H24ClN3. The van der Waals surface area contributed by atoms with Gasteiger partial charge in [0.15, 0.2) is 0 Å². The summed E-state index contributed by atoms with van der Waals surface area (Å²) in [5.74, 6) is 1.35. The third kappa shape index (κ3) is 2.66. The molecule has 3 nitrogen and oxygen atoms in total. The van der Waals surface area contributed by atoms with Gasteiger partial charge in [0.25, 0.3) is 0 Å². The fraction of sp³-hybridized carbons (Fsp3) is 0.688. The smallest absolute Gasteiger partial charge is 0.0509 e. The highest BCUT2D eigenvalue weighted by Crippen LogP contribution is 2.33. The molecule has 2 aliphatic heterocycles. The van der Waals surface area contributed by atoms with Crippen LogP contribution in [0.3, 0.4) is 0 Å². The van der Waals surface area contributed by atoms with Gasteiger partial charge < -0.3 is 9.80 Å². The average molecular weight is 294 g/mol. The number of alkyl halides is 1. The van der Waals surface area contributed by atoms with Gasteiger partial charge in [-0.2, -0.15) is 0 Å². The molecule has 0 aliphatic carbocycles. The molecule has 0 bridgehead atoms. The van der Waals surface area contributed by atoms with E-state index >= 15 is 0 Å². The Hall–Kier alpha value is -0.800. The summed E-state index contributed by atoms with van der Waals surface area (Å²) in [4.78, 5) is 9.48. The third-order valence-corrected chi connectivity index (χ3v) is 5.22. The summed E-state index contributed by atoms with van der Waals surface area (Å²) in [5.41, 5.74) is 3.55. The first-order valence-corrected chi connectivity index (χ1v) is 8.19. The lowest BCUT2D eigenvalue weighted by atomic mass is 9.84. The van der Waals surface area contributed by atoms with Gasteiger partial charge in [-0.15, -0.1) is 11.6 Å². The fourth-order valence-corrected chi connectivity index (χ4v) is 4.05. The molecule has 110 valence electrons. The van der Waals surface area contributed by atoms with Crippen molar-refractivity contribution in [3.8, 4) is 0 Å².